The van der Waals surface area contributed by atoms with Crippen LogP contribution in [-0.4, -0.2) is 41.6 Å². The Morgan fingerprint density at radius 3 is 2.55 bits per heavy atom. The van der Waals surface area contributed by atoms with Crippen molar-refractivity contribution in [1.82, 2.24) is 14.4 Å². The highest BCUT2D eigenvalue weighted by Gasteiger charge is 2.37. The first-order valence-corrected chi connectivity index (χ1v) is 11.2. The van der Waals surface area contributed by atoms with Gasteiger partial charge in [0.15, 0.2) is 0 Å². The maximum absolute atomic E-state index is 13.6. The maximum atomic E-state index is 13.6. The number of hydrogen-bond acceptors (Lipinski definition) is 2. The van der Waals surface area contributed by atoms with Crippen molar-refractivity contribution < 1.29 is 4.39 Å². The number of likely N-dealkylation sites (N-methyl/N-ethyl adjacent to an activating group) is 1. The SMILES string of the molecule is C.Cc1ccc2c(c1)c1c(n2CC(C)(c2ccc(F)cc2)N(C)C)CCN2CCCC12. The fraction of sp³-hybridized carbons (Fsp3) is 0.481. The van der Waals surface area contributed by atoms with Gasteiger partial charge in [-0.2, -0.15) is 0 Å². The second kappa shape index (κ2) is 8.07. The Kier molecular flexibility index (Phi) is 5.74. The van der Waals surface area contributed by atoms with Gasteiger partial charge in [-0.1, -0.05) is 31.2 Å². The minimum absolute atomic E-state index is 0. The molecule has 1 fully saturated rings. The molecule has 0 aliphatic carbocycles. The smallest absolute Gasteiger partial charge is 0.123 e. The van der Waals surface area contributed by atoms with Crippen molar-refractivity contribution in [1.29, 1.82) is 0 Å². The van der Waals surface area contributed by atoms with Crippen molar-refractivity contribution in [3.05, 3.63) is 70.7 Å². The fourth-order valence-electron chi connectivity index (χ4n) is 5.65. The predicted molar refractivity (Wildman–Crippen MR) is 128 cm³/mol. The quantitative estimate of drug-likeness (QED) is 0.520. The molecule has 2 unspecified atom stereocenters. The number of aromatic nitrogens is 1. The van der Waals surface area contributed by atoms with Crippen LogP contribution in [0.15, 0.2) is 42.5 Å². The first-order valence-electron chi connectivity index (χ1n) is 11.2. The van der Waals surface area contributed by atoms with E-state index in [9.17, 15) is 4.39 Å². The minimum atomic E-state index is -0.231. The molecule has 1 aromatic heterocycles. The molecule has 0 N–H and O–H groups in total. The number of benzene rings is 2. The van der Waals surface area contributed by atoms with E-state index in [4.69, 9.17) is 0 Å². The van der Waals surface area contributed by atoms with Gasteiger partial charge >= 0.3 is 0 Å². The lowest BCUT2D eigenvalue weighted by atomic mass is 9.90. The van der Waals surface area contributed by atoms with Crippen molar-refractivity contribution in [3.8, 4) is 0 Å². The molecular formula is C27H36FN3. The number of fused-ring (bicyclic) bond motifs is 5. The summed E-state index contributed by atoms with van der Waals surface area (Å²) >= 11 is 0. The van der Waals surface area contributed by atoms with E-state index in [0.29, 0.717) is 6.04 Å². The first-order chi connectivity index (χ1) is 14.4. The predicted octanol–water partition coefficient (Wildman–Crippen LogP) is 5.89. The van der Waals surface area contributed by atoms with Crippen LogP contribution in [0.3, 0.4) is 0 Å². The third kappa shape index (κ3) is 3.50. The summed E-state index contributed by atoms with van der Waals surface area (Å²) in [6, 6.07) is 14.5. The van der Waals surface area contributed by atoms with Gasteiger partial charge in [0.2, 0.25) is 0 Å². The topological polar surface area (TPSA) is 11.4 Å². The number of hydrogen-bond donors (Lipinski definition) is 0. The molecule has 2 aromatic carbocycles. The Bertz CT molecular complexity index is 1080. The largest absolute Gasteiger partial charge is 0.342 e. The van der Waals surface area contributed by atoms with E-state index >= 15 is 0 Å². The van der Waals surface area contributed by atoms with Crippen LogP contribution in [0.4, 0.5) is 4.39 Å². The second-order valence-electron chi connectivity index (χ2n) is 9.59. The van der Waals surface area contributed by atoms with E-state index in [1.807, 2.05) is 12.1 Å². The van der Waals surface area contributed by atoms with Gasteiger partial charge in [-0.25, -0.2) is 4.39 Å². The minimum Gasteiger partial charge on any atom is -0.342 e. The third-order valence-electron chi connectivity index (χ3n) is 7.62. The molecule has 2 aliphatic rings. The molecule has 0 saturated carbocycles. The van der Waals surface area contributed by atoms with Gasteiger partial charge in [0.25, 0.3) is 0 Å². The van der Waals surface area contributed by atoms with Crippen molar-refractivity contribution >= 4 is 10.9 Å². The van der Waals surface area contributed by atoms with Crippen LogP contribution >= 0.6 is 0 Å². The molecular weight excluding hydrogens is 385 g/mol. The lowest BCUT2D eigenvalue weighted by Gasteiger charge is -2.39. The monoisotopic (exact) mass is 421 g/mol. The highest BCUT2D eigenvalue weighted by atomic mass is 19.1. The van der Waals surface area contributed by atoms with Gasteiger partial charge in [-0.3, -0.25) is 9.80 Å². The van der Waals surface area contributed by atoms with Crippen LogP contribution in [0.25, 0.3) is 10.9 Å². The molecule has 0 radical (unpaired) electrons. The summed E-state index contributed by atoms with van der Waals surface area (Å²) in [6.45, 7) is 7.71. The number of aryl methyl sites for hydroxylation is 1. The summed E-state index contributed by atoms with van der Waals surface area (Å²) < 4.78 is 16.2. The van der Waals surface area contributed by atoms with Gasteiger partial charge in [-0.05, 0) is 82.7 Å². The Morgan fingerprint density at radius 2 is 1.84 bits per heavy atom. The Balaban J connectivity index is 0.00000231. The highest BCUT2D eigenvalue weighted by Crippen LogP contribution is 2.44. The highest BCUT2D eigenvalue weighted by molar-refractivity contribution is 5.87. The molecule has 3 aromatic rings. The molecule has 3 nitrogen and oxygen atoms in total. The molecule has 3 heterocycles. The average molecular weight is 422 g/mol. The van der Waals surface area contributed by atoms with Crippen molar-refractivity contribution in [3.63, 3.8) is 0 Å². The maximum Gasteiger partial charge on any atom is 0.123 e. The molecule has 1 saturated heterocycles. The molecule has 0 spiro atoms. The zero-order chi connectivity index (χ0) is 21.0. The Hall–Kier alpha value is -2.17. The lowest BCUT2D eigenvalue weighted by molar-refractivity contribution is 0.146. The van der Waals surface area contributed by atoms with Gasteiger partial charge in [0, 0.05) is 42.1 Å². The van der Waals surface area contributed by atoms with Crippen LogP contribution in [0.2, 0.25) is 0 Å². The molecule has 2 atom stereocenters. The molecule has 2 aliphatic heterocycles. The van der Waals surface area contributed by atoms with Crippen LogP contribution in [-0.2, 0) is 18.5 Å². The molecule has 166 valence electrons. The Labute approximate surface area is 186 Å². The fourth-order valence-corrected chi connectivity index (χ4v) is 5.65. The summed E-state index contributed by atoms with van der Waals surface area (Å²) in [5, 5.41) is 1.43. The lowest BCUT2D eigenvalue weighted by Crippen LogP contribution is -2.43. The molecule has 0 amide bonds. The van der Waals surface area contributed by atoms with E-state index in [-0.39, 0.29) is 18.8 Å². The van der Waals surface area contributed by atoms with E-state index in [2.05, 4.69) is 60.5 Å². The van der Waals surface area contributed by atoms with Gasteiger partial charge < -0.3 is 4.57 Å². The molecule has 31 heavy (non-hydrogen) atoms. The molecule has 4 heteroatoms. The summed E-state index contributed by atoms with van der Waals surface area (Å²) in [6.07, 6.45) is 3.67. The Morgan fingerprint density at radius 1 is 1.10 bits per heavy atom. The molecule has 5 rings (SSSR count). The summed E-state index contributed by atoms with van der Waals surface area (Å²) in [4.78, 5) is 4.96. The van der Waals surface area contributed by atoms with Crippen molar-refractivity contribution in [2.45, 2.75) is 58.7 Å². The van der Waals surface area contributed by atoms with E-state index < -0.39 is 0 Å². The van der Waals surface area contributed by atoms with Crippen LogP contribution in [0.5, 0.6) is 0 Å². The number of rotatable bonds is 4. The van der Waals surface area contributed by atoms with E-state index in [1.54, 1.807) is 17.7 Å². The zero-order valence-electron chi connectivity index (χ0n) is 18.6. The summed E-state index contributed by atoms with van der Waals surface area (Å²) in [7, 11) is 4.26. The summed E-state index contributed by atoms with van der Waals surface area (Å²) in [5.41, 5.74) is 6.66. The van der Waals surface area contributed by atoms with E-state index in [0.717, 1.165) is 25.1 Å². The average Bonchev–Trinajstić information content (AvgIpc) is 3.31. The standard InChI is InChI=1S/C26H32FN3.CH4/c1-18-7-12-22-21(16-18)25-23-6-5-14-29(23)15-13-24(25)30(22)17-26(2,28(3)4)19-8-10-20(27)11-9-19;/h7-12,16,23H,5-6,13-15,17H2,1-4H3;1H4. The van der Waals surface area contributed by atoms with Gasteiger partial charge in [0.1, 0.15) is 5.82 Å². The van der Waals surface area contributed by atoms with E-state index in [1.165, 1.54) is 41.5 Å². The van der Waals surface area contributed by atoms with Gasteiger partial charge in [0.05, 0.1) is 5.54 Å². The normalized spacial score (nSPS) is 20.4. The third-order valence-corrected chi connectivity index (χ3v) is 7.62. The van der Waals surface area contributed by atoms with Crippen LogP contribution in [0, 0.1) is 12.7 Å². The number of halogens is 1. The summed E-state index contributed by atoms with van der Waals surface area (Å²) in [5.74, 6) is -0.180. The van der Waals surface area contributed by atoms with Gasteiger partial charge in [-0.15, -0.1) is 0 Å². The second-order valence-corrected chi connectivity index (χ2v) is 9.59. The van der Waals surface area contributed by atoms with Crippen LogP contribution < -0.4 is 0 Å². The van der Waals surface area contributed by atoms with Crippen LogP contribution in [0.1, 0.15) is 55.6 Å². The van der Waals surface area contributed by atoms with Crippen molar-refractivity contribution in [2.24, 2.45) is 0 Å². The first kappa shape index (κ1) is 22.0. The number of nitrogens with zero attached hydrogens (tertiary/aromatic N) is 3. The zero-order valence-corrected chi connectivity index (χ0v) is 18.6. The molecule has 0 bridgehead atoms. The van der Waals surface area contributed by atoms with Crippen molar-refractivity contribution in [2.75, 3.05) is 27.2 Å².